The third-order valence-electron chi connectivity index (χ3n) is 3.99. The zero-order chi connectivity index (χ0) is 21.6. The van der Waals surface area contributed by atoms with Crippen molar-refractivity contribution in [1.29, 1.82) is 0 Å². The van der Waals surface area contributed by atoms with Gasteiger partial charge in [0.2, 0.25) is 0 Å². The lowest BCUT2D eigenvalue weighted by Crippen LogP contribution is -2.41. The predicted octanol–water partition coefficient (Wildman–Crippen LogP) is 2.88. The van der Waals surface area contributed by atoms with E-state index in [4.69, 9.17) is 25.8 Å². The molecule has 0 aromatic heterocycles. The fourth-order valence-electron chi connectivity index (χ4n) is 2.56. The van der Waals surface area contributed by atoms with Gasteiger partial charge in [-0.15, -0.1) is 0 Å². The van der Waals surface area contributed by atoms with Gasteiger partial charge in [0.1, 0.15) is 0 Å². The number of esters is 1. The topological polar surface area (TPSA) is 94.2 Å². The molecule has 29 heavy (non-hydrogen) atoms. The van der Waals surface area contributed by atoms with Crippen molar-refractivity contribution < 1.29 is 28.6 Å². The Bertz CT molecular complexity index is 808. The number of nitrogens with one attached hydrogen (secondary N) is 1. The summed E-state index contributed by atoms with van der Waals surface area (Å²) in [5.41, 5.74) is 0.596. The summed E-state index contributed by atoms with van der Waals surface area (Å²) < 4.78 is 16.1. The van der Waals surface area contributed by atoms with E-state index in [-0.39, 0.29) is 6.54 Å². The second kappa shape index (κ2) is 10.2. The number of carbonyl (C=O) groups is 3. The summed E-state index contributed by atoms with van der Waals surface area (Å²) in [6.07, 6.45) is 1.58. The van der Waals surface area contributed by atoms with Gasteiger partial charge in [0.25, 0.3) is 5.91 Å². The molecule has 0 saturated carbocycles. The Morgan fingerprint density at radius 3 is 2.62 bits per heavy atom. The van der Waals surface area contributed by atoms with Crippen molar-refractivity contribution >= 4 is 35.6 Å². The lowest BCUT2D eigenvalue weighted by Gasteiger charge is -2.17. The Morgan fingerprint density at radius 1 is 1.31 bits per heavy atom. The highest BCUT2D eigenvalue weighted by molar-refractivity contribution is 6.32. The number of amides is 3. The molecule has 158 valence electrons. The van der Waals surface area contributed by atoms with Crippen LogP contribution in [0.3, 0.4) is 0 Å². The van der Waals surface area contributed by atoms with Gasteiger partial charge in [-0.1, -0.05) is 25.4 Å². The number of hydrogen-bond donors (Lipinski definition) is 1. The minimum Gasteiger partial charge on any atom is -0.493 e. The average Bonchev–Trinajstić information content (AvgIpc) is 3.09. The van der Waals surface area contributed by atoms with Crippen LogP contribution in [0.25, 0.3) is 6.08 Å². The number of carbonyl (C=O) groups excluding carboxylic acids is 3. The van der Waals surface area contributed by atoms with Crippen LogP contribution in [-0.2, 0) is 14.3 Å². The van der Waals surface area contributed by atoms with Gasteiger partial charge in [-0.2, -0.15) is 0 Å². The molecular formula is C20H25ClN2O6. The molecule has 1 N–H and O–H groups in total. The van der Waals surface area contributed by atoms with E-state index in [0.717, 1.165) is 4.90 Å². The molecule has 0 bridgehead atoms. The molecule has 1 fully saturated rings. The quantitative estimate of drug-likeness (QED) is 0.509. The number of methoxy groups -OCH3 is 1. The molecule has 1 aromatic carbocycles. The zero-order valence-corrected chi connectivity index (χ0v) is 17.6. The third-order valence-corrected chi connectivity index (χ3v) is 4.27. The molecule has 0 radical (unpaired) electrons. The summed E-state index contributed by atoms with van der Waals surface area (Å²) in [6, 6.07) is 2.82. The van der Waals surface area contributed by atoms with Crippen molar-refractivity contribution in [2.45, 2.75) is 26.9 Å². The minimum absolute atomic E-state index is 0.249. The number of halogens is 1. The average molecular weight is 425 g/mol. The van der Waals surface area contributed by atoms with E-state index in [1.165, 1.54) is 26.2 Å². The van der Waals surface area contributed by atoms with Crippen LogP contribution in [0.2, 0.25) is 5.02 Å². The van der Waals surface area contributed by atoms with Crippen LogP contribution in [0.4, 0.5) is 4.79 Å². The maximum absolute atomic E-state index is 12.2. The van der Waals surface area contributed by atoms with E-state index >= 15 is 0 Å². The van der Waals surface area contributed by atoms with Crippen LogP contribution in [0.5, 0.6) is 11.5 Å². The summed E-state index contributed by atoms with van der Waals surface area (Å²) in [4.78, 5) is 36.7. The second-order valence-electron chi connectivity index (χ2n) is 6.87. The monoisotopic (exact) mass is 424 g/mol. The van der Waals surface area contributed by atoms with Gasteiger partial charge >= 0.3 is 12.0 Å². The van der Waals surface area contributed by atoms with Crippen LogP contribution >= 0.6 is 11.6 Å². The molecule has 1 aromatic rings. The number of imide groups is 1. The molecule has 0 spiro atoms. The molecule has 0 aliphatic carbocycles. The fourth-order valence-corrected chi connectivity index (χ4v) is 2.83. The van der Waals surface area contributed by atoms with Crippen LogP contribution in [-0.4, -0.2) is 55.7 Å². The summed E-state index contributed by atoms with van der Waals surface area (Å²) >= 11 is 6.28. The normalized spacial score (nSPS) is 14.8. The smallest absolute Gasteiger partial charge is 0.331 e. The molecule has 3 amide bonds. The molecule has 1 aliphatic rings. The zero-order valence-electron chi connectivity index (χ0n) is 16.9. The Labute approximate surface area is 174 Å². The first kappa shape index (κ1) is 22.5. The third kappa shape index (κ3) is 6.12. The number of nitrogens with zero attached hydrogens (tertiary/aromatic N) is 1. The summed E-state index contributed by atoms with van der Waals surface area (Å²) in [7, 11) is 1.50. The molecule has 1 aliphatic heterocycles. The van der Waals surface area contributed by atoms with Gasteiger partial charge in [-0.3, -0.25) is 9.69 Å². The van der Waals surface area contributed by atoms with Crippen molar-refractivity contribution in [2.75, 3.05) is 26.8 Å². The standard InChI is InChI=1S/C20H25ClN2O6/c1-12(2)11-28-18-15(21)9-14(10-16(18)27-4)5-6-17(24)29-13(3)19(25)23-8-7-22-20(23)26/h5-6,9-10,12-13H,7-8,11H2,1-4H3,(H,22,26)/b6-5+/t13-/m0/s1. The van der Waals surface area contributed by atoms with Crippen molar-refractivity contribution in [3.63, 3.8) is 0 Å². The van der Waals surface area contributed by atoms with Crippen molar-refractivity contribution in [3.8, 4) is 11.5 Å². The van der Waals surface area contributed by atoms with E-state index in [2.05, 4.69) is 5.32 Å². The minimum atomic E-state index is -1.08. The van der Waals surface area contributed by atoms with E-state index in [9.17, 15) is 14.4 Å². The molecule has 8 nitrogen and oxygen atoms in total. The first-order valence-corrected chi connectivity index (χ1v) is 9.59. The first-order chi connectivity index (χ1) is 13.7. The highest BCUT2D eigenvalue weighted by Crippen LogP contribution is 2.37. The first-order valence-electron chi connectivity index (χ1n) is 9.21. The Kier molecular flexibility index (Phi) is 7.90. The van der Waals surface area contributed by atoms with Crippen LogP contribution in [0, 0.1) is 5.92 Å². The number of benzene rings is 1. The van der Waals surface area contributed by atoms with Gasteiger partial charge in [-0.05, 0) is 36.6 Å². The largest absolute Gasteiger partial charge is 0.493 e. The number of urea groups is 1. The predicted molar refractivity (Wildman–Crippen MR) is 108 cm³/mol. The van der Waals surface area contributed by atoms with E-state index in [1.54, 1.807) is 12.1 Å². The molecule has 0 unspecified atom stereocenters. The molecule has 2 rings (SSSR count). The van der Waals surface area contributed by atoms with Gasteiger partial charge in [-0.25, -0.2) is 9.59 Å². The lowest BCUT2D eigenvalue weighted by molar-refractivity contribution is -0.153. The number of rotatable bonds is 8. The summed E-state index contributed by atoms with van der Waals surface area (Å²) in [6.45, 7) is 6.57. The Balaban J connectivity index is 2.02. The molecule has 1 saturated heterocycles. The Morgan fingerprint density at radius 2 is 2.03 bits per heavy atom. The van der Waals surface area contributed by atoms with Gasteiger partial charge in [0.05, 0.1) is 18.7 Å². The highest BCUT2D eigenvalue weighted by Gasteiger charge is 2.31. The molecular weight excluding hydrogens is 400 g/mol. The number of hydrogen-bond acceptors (Lipinski definition) is 6. The highest BCUT2D eigenvalue weighted by atomic mass is 35.5. The second-order valence-corrected chi connectivity index (χ2v) is 7.28. The SMILES string of the molecule is COc1cc(/C=C/C(=O)O[C@@H](C)C(=O)N2CCNC2=O)cc(Cl)c1OCC(C)C. The van der Waals surface area contributed by atoms with Crippen molar-refractivity contribution in [2.24, 2.45) is 5.92 Å². The molecule has 1 heterocycles. The van der Waals surface area contributed by atoms with E-state index in [0.29, 0.717) is 41.2 Å². The van der Waals surface area contributed by atoms with E-state index in [1.807, 2.05) is 13.8 Å². The fraction of sp³-hybridized carbons (Fsp3) is 0.450. The van der Waals surface area contributed by atoms with Gasteiger partial charge in [0, 0.05) is 19.2 Å². The number of ether oxygens (including phenoxy) is 3. The Hall–Kier alpha value is -2.74. The van der Waals surface area contributed by atoms with Crippen molar-refractivity contribution in [1.82, 2.24) is 10.2 Å². The molecule has 9 heteroatoms. The summed E-state index contributed by atoms with van der Waals surface area (Å²) in [5.74, 6) is -0.0966. The van der Waals surface area contributed by atoms with Gasteiger partial charge < -0.3 is 19.5 Å². The van der Waals surface area contributed by atoms with Crippen LogP contribution < -0.4 is 14.8 Å². The van der Waals surface area contributed by atoms with Crippen molar-refractivity contribution in [3.05, 3.63) is 28.8 Å². The lowest BCUT2D eigenvalue weighted by atomic mass is 10.2. The van der Waals surface area contributed by atoms with Crippen LogP contribution in [0.15, 0.2) is 18.2 Å². The molecule has 1 atom stereocenters. The maximum Gasteiger partial charge on any atom is 0.331 e. The maximum atomic E-state index is 12.2. The van der Waals surface area contributed by atoms with E-state index < -0.39 is 24.0 Å². The van der Waals surface area contributed by atoms with Crippen LogP contribution in [0.1, 0.15) is 26.3 Å². The summed E-state index contributed by atoms with van der Waals surface area (Å²) in [5, 5.41) is 2.87. The van der Waals surface area contributed by atoms with Gasteiger partial charge in [0.15, 0.2) is 17.6 Å².